The number of nitrogens with one attached hydrogen (secondary N) is 1. The van der Waals surface area contributed by atoms with Gasteiger partial charge in [0.15, 0.2) is 5.65 Å². The van der Waals surface area contributed by atoms with Gasteiger partial charge in [0.05, 0.1) is 24.6 Å². The number of aryl methyl sites for hydroxylation is 1. The van der Waals surface area contributed by atoms with Crippen molar-refractivity contribution >= 4 is 23.1 Å². The predicted octanol–water partition coefficient (Wildman–Crippen LogP) is 5.16. The Morgan fingerprint density at radius 3 is 2.52 bits per heavy atom. The molecule has 0 bridgehead atoms. The Kier molecular flexibility index (Phi) is 6.58. The molecule has 1 aliphatic heterocycles. The Balaban J connectivity index is 1.48. The molecule has 0 amide bonds. The average molecular weight is 462 g/mol. The van der Waals surface area contributed by atoms with Crippen LogP contribution in [0.25, 0.3) is 28.0 Å². The molecular formula is C26H28ClN5O. The van der Waals surface area contributed by atoms with Crippen LogP contribution < -0.4 is 5.32 Å². The van der Waals surface area contributed by atoms with E-state index in [2.05, 4.69) is 28.4 Å². The number of fused-ring (bicyclic) bond motifs is 1. The zero-order chi connectivity index (χ0) is 22.6. The fraction of sp³-hybridized carbons (Fsp3) is 0.308. The van der Waals surface area contributed by atoms with Gasteiger partial charge in [-0.3, -0.25) is 4.90 Å². The van der Waals surface area contributed by atoms with Crippen LogP contribution in [-0.2, 0) is 4.74 Å². The van der Waals surface area contributed by atoms with E-state index in [9.17, 15) is 0 Å². The number of ether oxygens (including phenoxy) is 1. The van der Waals surface area contributed by atoms with Crippen molar-refractivity contribution in [2.24, 2.45) is 0 Å². The van der Waals surface area contributed by atoms with Gasteiger partial charge in [-0.2, -0.15) is 9.61 Å². The first kappa shape index (κ1) is 21.9. The Hall–Kier alpha value is -2.93. The summed E-state index contributed by atoms with van der Waals surface area (Å²) in [5.74, 6) is 0.948. The van der Waals surface area contributed by atoms with Gasteiger partial charge in [0.2, 0.25) is 0 Å². The number of hydrogen-bond donors (Lipinski definition) is 1. The number of anilines is 1. The molecule has 6 nitrogen and oxygen atoms in total. The van der Waals surface area contributed by atoms with Crippen LogP contribution in [0.5, 0.6) is 0 Å². The van der Waals surface area contributed by atoms with E-state index < -0.39 is 0 Å². The quantitative estimate of drug-likeness (QED) is 0.385. The summed E-state index contributed by atoms with van der Waals surface area (Å²) in [5, 5.41) is 9.18. The van der Waals surface area contributed by atoms with Crippen molar-refractivity contribution in [3.63, 3.8) is 0 Å². The number of hydrogen-bond acceptors (Lipinski definition) is 5. The first-order valence-electron chi connectivity index (χ1n) is 11.4. The van der Waals surface area contributed by atoms with E-state index in [4.69, 9.17) is 26.4 Å². The molecule has 0 atom stereocenters. The molecule has 4 aromatic rings. The SMILES string of the molecule is Cc1nn2c(NCCCN3CCOCC3)cc(-c3ccccc3)nc2c1-c1ccc(Cl)cc1. The zero-order valence-electron chi connectivity index (χ0n) is 18.8. The van der Waals surface area contributed by atoms with Gasteiger partial charge >= 0.3 is 0 Å². The number of rotatable bonds is 7. The lowest BCUT2D eigenvalue weighted by atomic mass is 10.1. The third kappa shape index (κ3) is 4.88. The highest BCUT2D eigenvalue weighted by Crippen LogP contribution is 2.32. The maximum absolute atomic E-state index is 6.13. The van der Waals surface area contributed by atoms with Gasteiger partial charge in [-0.1, -0.05) is 54.1 Å². The molecule has 0 aliphatic carbocycles. The Labute approximate surface area is 199 Å². The summed E-state index contributed by atoms with van der Waals surface area (Å²) < 4.78 is 7.38. The monoisotopic (exact) mass is 461 g/mol. The molecule has 0 spiro atoms. The van der Waals surface area contributed by atoms with E-state index in [-0.39, 0.29) is 0 Å². The van der Waals surface area contributed by atoms with Crippen molar-refractivity contribution < 1.29 is 4.74 Å². The van der Waals surface area contributed by atoms with Gasteiger partial charge in [0, 0.05) is 41.9 Å². The molecule has 2 aromatic carbocycles. The Morgan fingerprint density at radius 2 is 1.76 bits per heavy atom. The second-order valence-electron chi connectivity index (χ2n) is 8.33. The lowest BCUT2D eigenvalue weighted by Gasteiger charge is -2.26. The fourth-order valence-corrected chi connectivity index (χ4v) is 4.43. The van der Waals surface area contributed by atoms with Crippen molar-refractivity contribution in [3.05, 3.63) is 71.4 Å². The standard InChI is InChI=1S/C26H28ClN5O/c1-19-25(21-8-10-22(27)11-9-21)26-29-23(20-6-3-2-4-7-20)18-24(32(26)30-19)28-12-5-13-31-14-16-33-17-15-31/h2-4,6-11,18,28H,5,12-17H2,1H3. The van der Waals surface area contributed by atoms with E-state index in [1.54, 1.807) is 0 Å². The van der Waals surface area contributed by atoms with Crippen molar-refractivity contribution in [2.45, 2.75) is 13.3 Å². The molecule has 2 aromatic heterocycles. The summed E-state index contributed by atoms with van der Waals surface area (Å²) >= 11 is 6.13. The Morgan fingerprint density at radius 1 is 1.00 bits per heavy atom. The van der Waals surface area contributed by atoms with Crippen molar-refractivity contribution in [3.8, 4) is 22.4 Å². The minimum Gasteiger partial charge on any atom is -0.379 e. The fourth-order valence-electron chi connectivity index (χ4n) is 4.30. The summed E-state index contributed by atoms with van der Waals surface area (Å²) in [4.78, 5) is 7.49. The highest BCUT2D eigenvalue weighted by Gasteiger charge is 2.17. The zero-order valence-corrected chi connectivity index (χ0v) is 19.6. The topological polar surface area (TPSA) is 54.7 Å². The molecule has 33 heavy (non-hydrogen) atoms. The van der Waals surface area contributed by atoms with Crippen LogP contribution in [0.15, 0.2) is 60.7 Å². The summed E-state index contributed by atoms with van der Waals surface area (Å²) in [6.45, 7) is 7.64. The number of morpholine rings is 1. The second kappa shape index (κ2) is 9.91. The van der Waals surface area contributed by atoms with Crippen LogP contribution in [0.1, 0.15) is 12.1 Å². The number of halogens is 1. The normalized spacial score (nSPS) is 14.6. The van der Waals surface area contributed by atoms with Gasteiger partial charge < -0.3 is 10.1 Å². The molecule has 1 N–H and O–H groups in total. The van der Waals surface area contributed by atoms with Gasteiger partial charge in [-0.15, -0.1) is 0 Å². The minimum absolute atomic E-state index is 0.716. The molecule has 1 fully saturated rings. The highest BCUT2D eigenvalue weighted by atomic mass is 35.5. The van der Waals surface area contributed by atoms with E-state index in [0.717, 1.165) is 85.4 Å². The van der Waals surface area contributed by atoms with Crippen molar-refractivity contribution in [1.82, 2.24) is 19.5 Å². The lowest BCUT2D eigenvalue weighted by Crippen LogP contribution is -2.37. The summed E-state index contributed by atoms with van der Waals surface area (Å²) in [6, 6.07) is 20.2. The first-order chi connectivity index (χ1) is 16.2. The number of aromatic nitrogens is 3. The second-order valence-corrected chi connectivity index (χ2v) is 8.77. The molecular weight excluding hydrogens is 434 g/mol. The third-order valence-electron chi connectivity index (χ3n) is 6.03. The maximum atomic E-state index is 6.13. The van der Waals surface area contributed by atoms with E-state index >= 15 is 0 Å². The molecule has 5 rings (SSSR count). The maximum Gasteiger partial charge on any atom is 0.166 e. The molecule has 3 heterocycles. The van der Waals surface area contributed by atoms with E-state index in [1.807, 2.05) is 53.9 Å². The molecule has 1 aliphatic rings. The Bertz CT molecular complexity index is 1220. The van der Waals surface area contributed by atoms with Crippen LogP contribution in [0.2, 0.25) is 5.02 Å². The van der Waals surface area contributed by atoms with Crippen LogP contribution >= 0.6 is 11.6 Å². The highest BCUT2D eigenvalue weighted by molar-refractivity contribution is 6.30. The number of nitrogens with zero attached hydrogens (tertiary/aromatic N) is 4. The molecule has 1 saturated heterocycles. The van der Waals surface area contributed by atoms with E-state index in [0.29, 0.717) is 5.02 Å². The molecule has 170 valence electrons. The molecule has 0 radical (unpaired) electrons. The molecule has 7 heteroatoms. The predicted molar refractivity (Wildman–Crippen MR) is 134 cm³/mol. The van der Waals surface area contributed by atoms with Crippen molar-refractivity contribution in [1.29, 1.82) is 0 Å². The minimum atomic E-state index is 0.716. The summed E-state index contributed by atoms with van der Waals surface area (Å²) in [5.41, 5.74) is 5.87. The smallest absolute Gasteiger partial charge is 0.166 e. The largest absolute Gasteiger partial charge is 0.379 e. The summed E-state index contributed by atoms with van der Waals surface area (Å²) in [6.07, 6.45) is 1.05. The molecule has 0 saturated carbocycles. The van der Waals surface area contributed by atoms with Crippen LogP contribution in [0.3, 0.4) is 0 Å². The van der Waals surface area contributed by atoms with E-state index in [1.165, 1.54) is 0 Å². The van der Waals surface area contributed by atoms with Gasteiger partial charge in [-0.05, 0) is 37.6 Å². The third-order valence-corrected chi connectivity index (χ3v) is 6.28. The van der Waals surface area contributed by atoms with Gasteiger partial charge in [0.25, 0.3) is 0 Å². The number of benzene rings is 2. The van der Waals surface area contributed by atoms with Crippen molar-refractivity contribution in [2.75, 3.05) is 44.7 Å². The van der Waals surface area contributed by atoms with Gasteiger partial charge in [0.1, 0.15) is 5.82 Å². The molecule has 0 unspecified atom stereocenters. The van der Waals surface area contributed by atoms with Gasteiger partial charge in [-0.25, -0.2) is 4.98 Å². The average Bonchev–Trinajstić information content (AvgIpc) is 3.19. The van der Waals surface area contributed by atoms with Crippen LogP contribution in [-0.4, -0.2) is 58.9 Å². The van der Waals surface area contributed by atoms with Crippen LogP contribution in [0, 0.1) is 6.92 Å². The summed E-state index contributed by atoms with van der Waals surface area (Å²) in [7, 11) is 0. The lowest BCUT2D eigenvalue weighted by molar-refractivity contribution is 0.0378. The van der Waals surface area contributed by atoms with Crippen LogP contribution in [0.4, 0.5) is 5.82 Å². The first-order valence-corrected chi connectivity index (χ1v) is 11.8.